The molecule has 1 aliphatic heterocycles. The number of amides is 1. The SMILES string of the molecule is CCSCCC(C)N1C(=O)CNC1C(C)C. The molecule has 1 saturated heterocycles. The van der Waals surface area contributed by atoms with Crippen molar-refractivity contribution >= 4 is 17.7 Å². The van der Waals surface area contributed by atoms with E-state index in [9.17, 15) is 4.79 Å². The molecular weight excluding hydrogens is 220 g/mol. The van der Waals surface area contributed by atoms with E-state index in [1.54, 1.807) is 0 Å². The van der Waals surface area contributed by atoms with Gasteiger partial charge in [-0.15, -0.1) is 0 Å². The number of hydrogen-bond acceptors (Lipinski definition) is 3. The molecule has 1 rings (SSSR count). The molecule has 1 amide bonds. The molecule has 0 aromatic rings. The number of nitrogens with zero attached hydrogens (tertiary/aromatic N) is 1. The van der Waals surface area contributed by atoms with Gasteiger partial charge in [0.2, 0.25) is 5.91 Å². The summed E-state index contributed by atoms with van der Waals surface area (Å²) < 4.78 is 0. The summed E-state index contributed by atoms with van der Waals surface area (Å²) in [5.74, 6) is 3.04. The Hall–Kier alpha value is -0.220. The summed E-state index contributed by atoms with van der Waals surface area (Å²) in [5.41, 5.74) is 0. The third-order valence-electron chi connectivity index (χ3n) is 3.04. The second-order valence-electron chi connectivity index (χ2n) is 4.71. The van der Waals surface area contributed by atoms with Crippen LogP contribution in [0.1, 0.15) is 34.1 Å². The first-order valence-electron chi connectivity index (χ1n) is 6.20. The minimum absolute atomic E-state index is 0.231. The van der Waals surface area contributed by atoms with Gasteiger partial charge in [0.1, 0.15) is 0 Å². The van der Waals surface area contributed by atoms with Gasteiger partial charge in [0.05, 0.1) is 12.7 Å². The lowest BCUT2D eigenvalue weighted by atomic mass is 10.1. The molecule has 1 fully saturated rings. The molecule has 4 heteroatoms. The number of rotatable bonds is 6. The monoisotopic (exact) mass is 244 g/mol. The highest BCUT2D eigenvalue weighted by atomic mass is 32.2. The average molecular weight is 244 g/mol. The van der Waals surface area contributed by atoms with Crippen molar-refractivity contribution in [1.29, 1.82) is 0 Å². The molecule has 0 aromatic heterocycles. The first kappa shape index (κ1) is 13.8. The van der Waals surface area contributed by atoms with E-state index in [0.717, 1.165) is 17.9 Å². The molecule has 0 bridgehead atoms. The van der Waals surface area contributed by atoms with Crippen molar-refractivity contribution in [2.75, 3.05) is 18.1 Å². The molecule has 1 heterocycles. The van der Waals surface area contributed by atoms with Crippen molar-refractivity contribution in [1.82, 2.24) is 10.2 Å². The summed E-state index contributed by atoms with van der Waals surface area (Å²) in [5, 5.41) is 3.30. The fraction of sp³-hybridized carbons (Fsp3) is 0.917. The van der Waals surface area contributed by atoms with Crippen LogP contribution in [0.15, 0.2) is 0 Å². The summed E-state index contributed by atoms with van der Waals surface area (Å²) in [6.07, 6.45) is 1.32. The van der Waals surface area contributed by atoms with Crippen molar-refractivity contribution in [2.45, 2.75) is 46.3 Å². The van der Waals surface area contributed by atoms with E-state index in [2.05, 4.69) is 33.0 Å². The van der Waals surface area contributed by atoms with Crippen LogP contribution >= 0.6 is 11.8 Å². The molecule has 0 radical (unpaired) electrons. The number of carbonyl (C=O) groups excluding carboxylic acids is 1. The molecular formula is C12H24N2OS. The van der Waals surface area contributed by atoms with Crippen molar-refractivity contribution in [2.24, 2.45) is 5.92 Å². The number of carbonyl (C=O) groups is 1. The van der Waals surface area contributed by atoms with Crippen LogP contribution in [0.4, 0.5) is 0 Å². The van der Waals surface area contributed by atoms with Crippen LogP contribution in [-0.4, -0.2) is 41.1 Å². The second-order valence-corrected chi connectivity index (χ2v) is 6.10. The Kier molecular flexibility index (Phi) is 5.62. The van der Waals surface area contributed by atoms with Gasteiger partial charge in [-0.25, -0.2) is 0 Å². The van der Waals surface area contributed by atoms with Crippen LogP contribution in [0.25, 0.3) is 0 Å². The maximum Gasteiger partial charge on any atom is 0.238 e. The van der Waals surface area contributed by atoms with E-state index < -0.39 is 0 Å². The van der Waals surface area contributed by atoms with Gasteiger partial charge in [-0.1, -0.05) is 20.8 Å². The number of hydrogen-bond donors (Lipinski definition) is 1. The highest BCUT2D eigenvalue weighted by Crippen LogP contribution is 2.19. The van der Waals surface area contributed by atoms with Crippen LogP contribution in [0.5, 0.6) is 0 Å². The topological polar surface area (TPSA) is 32.3 Å². The van der Waals surface area contributed by atoms with E-state index >= 15 is 0 Å². The normalized spacial score (nSPS) is 23.2. The predicted octanol–water partition coefficient (Wildman–Crippen LogP) is 1.93. The lowest BCUT2D eigenvalue weighted by Crippen LogP contribution is -2.46. The zero-order chi connectivity index (χ0) is 12.1. The molecule has 0 spiro atoms. The Labute approximate surface area is 103 Å². The molecule has 1 N–H and O–H groups in total. The number of thioether (sulfide) groups is 1. The maximum atomic E-state index is 11.8. The average Bonchev–Trinajstić information content (AvgIpc) is 2.60. The zero-order valence-electron chi connectivity index (χ0n) is 10.8. The van der Waals surface area contributed by atoms with Crippen molar-refractivity contribution in [3.63, 3.8) is 0 Å². The van der Waals surface area contributed by atoms with Crippen LogP contribution < -0.4 is 5.32 Å². The molecule has 1 aliphatic rings. The third-order valence-corrected chi connectivity index (χ3v) is 3.97. The first-order valence-corrected chi connectivity index (χ1v) is 7.35. The van der Waals surface area contributed by atoms with Crippen molar-refractivity contribution in [3.05, 3.63) is 0 Å². The Balaban J connectivity index is 2.50. The minimum atomic E-state index is 0.231. The molecule has 0 aromatic carbocycles. The molecule has 2 unspecified atom stereocenters. The summed E-state index contributed by atoms with van der Waals surface area (Å²) in [4.78, 5) is 13.9. The third kappa shape index (κ3) is 3.39. The van der Waals surface area contributed by atoms with Crippen LogP contribution in [0.3, 0.4) is 0 Å². The maximum absolute atomic E-state index is 11.8. The molecule has 0 saturated carbocycles. The van der Waals surface area contributed by atoms with Crippen LogP contribution in [-0.2, 0) is 4.79 Å². The Morgan fingerprint density at radius 3 is 2.75 bits per heavy atom. The zero-order valence-corrected chi connectivity index (χ0v) is 11.6. The van der Waals surface area contributed by atoms with Crippen molar-refractivity contribution < 1.29 is 4.79 Å². The van der Waals surface area contributed by atoms with Gasteiger partial charge in [-0.3, -0.25) is 10.1 Å². The van der Waals surface area contributed by atoms with E-state index in [4.69, 9.17) is 0 Å². The predicted molar refractivity (Wildman–Crippen MR) is 70.6 cm³/mol. The lowest BCUT2D eigenvalue weighted by Gasteiger charge is -2.32. The Bertz CT molecular complexity index is 233. The van der Waals surface area contributed by atoms with E-state index in [1.165, 1.54) is 0 Å². The molecule has 0 aliphatic carbocycles. The summed E-state index contributed by atoms with van der Waals surface area (Å²) in [6, 6.07) is 0.356. The quantitative estimate of drug-likeness (QED) is 0.725. The van der Waals surface area contributed by atoms with Gasteiger partial charge in [-0.05, 0) is 30.8 Å². The summed E-state index contributed by atoms with van der Waals surface area (Å²) in [6.45, 7) is 9.17. The minimum Gasteiger partial charge on any atom is -0.323 e. The van der Waals surface area contributed by atoms with E-state index in [-0.39, 0.29) is 12.1 Å². The van der Waals surface area contributed by atoms with Crippen LogP contribution in [0, 0.1) is 5.92 Å². The summed E-state index contributed by atoms with van der Waals surface area (Å²) >= 11 is 1.95. The van der Waals surface area contributed by atoms with Gasteiger partial charge in [0.15, 0.2) is 0 Å². The van der Waals surface area contributed by atoms with Crippen LogP contribution in [0.2, 0.25) is 0 Å². The Morgan fingerprint density at radius 1 is 1.50 bits per heavy atom. The van der Waals surface area contributed by atoms with Gasteiger partial charge < -0.3 is 4.90 Å². The van der Waals surface area contributed by atoms with E-state index in [0.29, 0.717) is 18.5 Å². The Morgan fingerprint density at radius 2 is 2.19 bits per heavy atom. The number of nitrogens with one attached hydrogen (secondary N) is 1. The van der Waals surface area contributed by atoms with Crippen molar-refractivity contribution in [3.8, 4) is 0 Å². The van der Waals surface area contributed by atoms with E-state index in [1.807, 2.05) is 16.7 Å². The molecule has 94 valence electrons. The fourth-order valence-electron chi connectivity index (χ4n) is 2.15. The van der Waals surface area contributed by atoms with Gasteiger partial charge in [-0.2, -0.15) is 11.8 Å². The molecule has 3 nitrogen and oxygen atoms in total. The smallest absolute Gasteiger partial charge is 0.238 e. The van der Waals surface area contributed by atoms with Gasteiger partial charge in [0.25, 0.3) is 0 Å². The lowest BCUT2D eigenvalue weighted by molar-refractivity contribution is -0.130. The highest BCUT2D eigenvalue weighted by molar-refractivity contribution is 7.99. The largest absolute Gasteiger partial charge is 0.323 e. The second kappa shape index (κ2) is 6.50. The standard InChI is InChI=1S/C12H24N2OS/c1-5-16-7-6-10(4)14-11(15)8-13-12(14)9(2)3/h9-10,12-13H,5-8H2,1-4H3. The summed E-state index contributed by atoms with van der Waals surface area (Å²) in [7, 11) is 0. The first-order chi connectivity index (χ1) is 7.57. The van der Waals surface area contributed by atoms with Gasteiger partial charge >= 0.3 is 0 Å². The fourth-order valence-corrected chi connectivity index (χ4v) is 2.95. The highest BCUT2D eigenvalue weighted by Gasteiger charge is 2.35. The molecule has 16 heavy (non-hydrogen) atoms. The van der Waals surface area contributed by atoms with Gasteiger partial charge in [0, 0.05) is 6.04 Å². The molecule has 2 atom stereocenters.